The lowest BCUT2D eigenvalue weighted by Gasteiger charge is -2.25. The lowest BCUT2D eigenvalue weighted by atomic mass is 10.0. The summed E-state index contributed by atoms with van der Waals surface area (Å²) >= 11 is 0. The van der Waals surface area contributed by atoms with Crippen LogP contribution in [0.2, 0.25) is 0 Å². The Balaban J connectivity index is 1.74. The number of benzene rings is 1. The molecule has 1 aliphatic rings. The van der Waals surface area contributed by atoms with Gasteiger partial charge < -0.3 is 10.0 Å². The monoisotopic (exact) mass is 471 g/mol. The van der Waals surface area contributed by atoms with Crippen molar-refractivity contribution in [1.29, 1.82) is 0 Å². The second-order valence-electron chi connectivity index (χ2n) is 7.61. The maximum atomic E-state index is 13.2. The molecule has 11 heteroatoms. The SMILES string of the molecule is CCN(CCN(C)c1ccc(C(F)(F)F)cn1)S(=O)(=O)c1ccc2c(c1)C(C(=O)O)CC2. The molecule has 1 heterocycles. The average molecular weight is 472 g/mol. The first kappa shape index (κ1) is 24.0. The summed E-state index contributed by atoms with van der Waals surface area (Å²) in [7, 11) is -2.27. The van der Waals surface area contributed by atoms with E-state index >= 15 is 0 Å². The highest BCUT2D eigenvalue weighted by atomic mass is 32.2. The fourth-order valence-electron chi connectivity index (χ4n) is 3.75. The van der Waals surface area contributed by atoms with E-state index in [1.165, 1.54) is 22.5 Å². The Hall–Kier alpha value is -2.66. The molecule has 0 fully saturated rings. The molecule has 1 aliphatic carbocycles. The number of aromatic nitrogens is 1. The van der Waals surface area contributed by atoms with Crippen LogP contribution in [-0.4, -0.2) is 55.5 Å². The first-order valence-electron chi connectivity index (χ1n) is 10.0. The molecule has 0 radical (unpaired) electrons. The zero-order chi connectivity index (χ0) is 23.7. The van der Waals surface area contributed by atoms with Crippen molar-refractivity contribution in [2.75, 3.05) is 31.6 Å². The lowest BCUT2D eigenvalue weighted by Crippen LogP contribution is -2.37. The fourth-order valence-corrected chi connectivity index (χ4v) is 5.23. The van der Waals surface area contributed by atoms with Crippen molar-refractivity contribution < 1.29 is 31.5 Å². The van der Waals surface area contributed by atoms with Gasteiger partial charge in [-0.25, -0.2) is 13.4 Å². The minimum absolute atomic E-state index is 0.0292. The van der Waals surface area contributed by atoms with Crippen molar-refractivity contribution in [3.05, 3.63) is 53.2 Å². The molecule has 2 aromatic rings. The Morgan fingerprint density at radius 2 is 1.94 bits per heavy atom. The molecular formula is C21H24F3N3O4S. The predicted molar refractivity (Wildman–Crippen MR) is 112 cm³/mol. The zero-order valence-corrected chi connectivity index (χ0v) is 18.4. The van der Waals surface area contributed by atoms with Crippen LogP contribution < -0.4 is 4.90 Å². The first-order chi connectivity index (χ1) is 14.9. The number of nitrogens with zero attached hydrogens (tertiary/aromatic N) is 3. The van der Waals surface area contributed by atoms with Crippen molar-refractivity contribution in [2.45, 2.75) is 36.8 Å². The summed E-state index contributed by atoms with van der Waals surface area (Å²) in [6.07, 6.45) is -2.71. The number of rotatable bonds is 8. The average Bonchev–Trinajstić information content (AvgIpc) is 3.17. The molecule has 0 aliphatic heterocycles. The van der Waals surface area contributed by atoms with Gasteiger partial charge in [-0.15, -0.1) is 0 Å². The molecule has 1 aromatic heterocycles. The molecule has 0 bridgehead atoms. The molecule has 1 aromatic carbocycles. The fraction of sp³-hybridized carbons (Fsp3) is 0.429. The molecule has 0 saturated heterocycles. The van der Waals surface area contributed by atoms with E-state index in [1.54, 1.807) is 24.9 Å². The molecule has 174 valence electrons. The summed E-state index contributed by atoms with van der Waals surface area (Å²) in [6.45, 7) is 2.14. The van der Waals surface area contributed by atoms with E-state index in [0.29, 0.717) is 18.4 Å². The first-order valence-corrected chi connectivity index (χ1v) is 11.5. The number of likely N-dealkylation sites (N-methyl/N-ethyl adjacent to an activating group) is 2. The Morgan fingerprint density at radius 3 is 2.50 bits per heavy atom. The number of hydrogen-bond acceptors (Lipinski definition) is 5. The zero-order valence-electron chi connectivity index (χ0n) is 17.6. The van der Waals surface area contributed by atoms with Gasteiger partial charge >= 0.3 is 12.1 Å². The summed E-state index contributed by atoms with van der Waals surface area (Å²) in [5, 5.41) is 9.39. The summed E-state index contributed by atoms with van der Waals surface area (Å²) in [6, 6.07) is 6.76. The highest BCUT2D eigenvalue weighted by molar-refractivity contribution is 7.89. The van der Waals surface area contributed by atoms with Crippen molar-refractivity contribution in [2.24, 2.45) is 0 Å². The van der Waals surface area contributed by atoms with E-state index in [4.69, 9.17) is 0 Å². The number of hydrogen-bond donors (Lipinski definition) is 1. The van der Waals surface area contributed by atoms with Crippen molar-refractivity contribution >= 4 is 21.8 Å². The van der Waals surface area contributed by atoms with Gasteiger partial charge in [0.2, 0.25) is 10.0 Å². The Bertz CT molecular complexity index is 1090. The summed E-state index contributed by atoms with van der Waals surface area (Å²) < 4.78 is 65.7. The normalized spacial score (nSPS) is 16.2. The lowest BCUT2D eigenvalue weighted by molar-refractivity contribution is -0.139. The van der Waals surface area contributed by atoms with Gasteiger partial charge in [-0.05, 0) is 48.2 Å². The minimum atomic E-state index is -4.48. The third-order valence-electron chi connectivity index (χ3n) is 5.63. The largest absolute Gasteiger partial charge is 0.481 e. The van der Waals surface area contributed by atoms with Gasteiger partial charge in [0.05, 0.1) is 16.4 Å². The third kappa shape index (κ3) is 4.88. The molecule has 1 atom stereocenters. The standard InChI is InChI=1S/C21H24F3N3O4S/c1-3-27(11-10-26(2)19-9-6-15(13-25-19)21(22,23)24)32(30,31)16-7-4-14-5-8-17(20(28)29)18(14)12-16/h4,6-7,9,12-13,17H,3,5,8,10-11H2,1-2H3,(H,28,29). The summed E-state index contributed by atoms with van der Waals surface area (Å²) in [4.78, 5) is 16.9. The van der Waals surface area contributed by atoms with Crippen molar-refractivity contribution in [3.8, 4) is 0 Å². The maximum absolute atomic E-state index is 13.2. The Labute approximate surface area is 184 Å². The van der Waals surface area contributed by atoms with Gasteiger partial charge in [0.15, 0.2) is 0 Å². The third-order valence-corrected chi connectivity index (χ3v) is 7.61. The number of halogens is 3. The van der Waals surface area contributed by atoms with E-state index in [1.807, 2.05) is 0 Å². The second-order valence-corrected chi connectivity index (χ2v) is 9.55. The number of pyridine rings is 1. The Kier molecular flexibility index (Phi) is 6.80. The van der Waals surface area contributed by atoms with Crippen LogP contribution in [0.1, 0.15) is 36.0 Å². The molecule has 3 rings (SSSR count). The highest BCUT2D eigenvalue weighted by Crippen LogP contribution is 2.35. The van der Waals surface area contributed by atoms with E-state index < -0.39 is 33.7 Å². The number of sulfonamides is 1. The topological polar surface area (TPSA) is 90.8 Å². The van der Waals surface area contributed by atoms with Gasteiger partial charge in [0.1, 0.15) is 5.82 Å². The van der Waals surface area contributed by atoms with E-state index in [2.05, 4.69) is 4.98 Å². The number of aryl methyl sites for hydroxylation is 1. The van der Waals surface area contributed by atoms with Crippen LogP contribution in [0.15, 0.2) is 41.4 Å². The number of carboxylic acids is 1. The number of carbonyl (C=O) groups is 1. The van der Waals surface area contributed by atoms with Crippen molar-refractivity contribution in [1.82, 2.24) is 9.29 Å². The Morgan fingerprint density at radius 1 is 1.22 bits per heavy atom. The van der Waals surface area contributed by atoms with Gasteiger partial charge in [0, 0.05) is 32.9 Å². The van der Waals surface area contributed by atoms with Crippen LogP contribution in [-0.2, 0) is 27.4 Å². The molecule has 32 heavy (non-hydrogen) atoms. The molecule has 7 nitrogen and oxygen atoms in total. The van der Waals surface area contributed by atoms with Gasteiger partial charge in [-0.3, -0.25) is 4.79 Å². The molecule has 0 amide bonds. The molecule has 0 spiro atoms. The number of aliphatic carboxylic acids is 1. The highest BCUT2D eigenvalue weighted by Gasteiger charge is 2.32. The summed E-state index contributed by atoms with van der Waals surface area (Å²) in [5.74, 6) is -1.41. The predicted octanol–water partition coefficient (Wildman–Crippen LogP) is 3.36. The van der Waals surface area contributed by atoms with Crippen LogP contribution in [0.4, 0.5) is 19.0 Å². The van der Waals surface area contributed by atoms with Gasteiger partial charge in [-0.1, -0.05) is 13.0 Å². The minimum Gasteiger partial charge on any atom is -0.481 e. The number of alkyl halides is 3. The van der Waals surface area contributed by atoms with Gasteiger partial charge in [-0.2, -0.15) is 17.5 Å². The number of anilines is 1. The van der Waals surface area contributed by atoms with Crippen LogP contribution >= 0.6 is 0 Å². The van der Waals surface area contributed by atoms with E-state index in [-0.39, 0.29) is 30.3 Å². The molecular weight excluding hydrogens is 447 g/mol. The van der Waals surface area contributed by atoms with Gasteiger partial charge in [0.25, 0.3) is 0 Å². The molecule has 1 N–H and O–H groups in total. The van der Waals surface area contributed by atoms with Crippen LogP contribution in [0.5, 0.6) is 0 Å². The maximum Gasteiger partial charge on any atom is 0.417 e. The van der Waals surface area contributed by atoms with Crippen LogP contribution in [0, 0.1) is 0 Å². The van der Waals surface area contributed by atoms with E-state index in [9.17, 15) is 31.5 Å². The quantitative estimate of drug-likeness (QED) is 0.635. The van der Waals surface area contributed by atoms with Crippen molar-refractivity contribution in [3.63, 3.8) is 0 Å². The van der Waals surface area contributed by atoms with Crippen LogP contribution in [0.3, 0.4) is 0 Å². The van der Waals surface area contributed by atoms with E-state index in [0.717, 1.165) is 17.8 Å². The van der Waals surface area contributed by atoms with Crippen LogP contribution in [0.25, 0.3) is 0 Å². The smallest absolute Gasteiger partial charge is 0.417 e. The summed E-state index contributed by atoms with van der Waals surface area (Å²) in [5.41, 5.74) is 0.511. The number of carboxylic acid groups (broad SMARTS) is 1. The molecule has 1 unspecified atom stereocenters. The number of fused-ring (bicyclic) bond motifs is 1. The second kappa shape index (κ2) is 9.07. The molecule has 0 saturated carbocycles.